The first-order valence-corrected chi connectivity index (χ1v) is 6.04. The van der Waals surface area contributed by atoms with Crippen molar-refractivity contribution in [3.05, 3.63) is 12.2 Å². The lowest BCUT2D eigenvalue weighted by molar-refractivity contribution is -0.302. The molecule has 0 spiro atoms. The van der Waals surface area contributed by atoms with Crippen LogP contribution in [0.5, 0.6) is 0 Å². The largest absolute Gasteiger partial charge is 0.478 e. The van der Waals surface area contributed by atoms with Crippen LogP contribution in [0.3, 0.4) is 0 Å². The normalized spacial score (nSPS) is 32.7. The summed E-state index contributed by atoms with van der Waals surface area (Å²) >= 11 is 0. The van der Waals surface area contributed by atoms with Crippen molar-refractivity contribution in [3.8, 4) is 0 Å². The number of esters is 1. The maximum atomic E-state index is 11.3. The number of hydrogen-bond acceptors (Lipinski definition) is 5. The molecule has 1 fully saturated rings. The van der Waals surface area contributed by atoms with Crippen LogP contribution < -0.4 is 0 Å². The first kappa shape index (κ1) is 15.7. The number of carbonyl (C=O) groups excluding carboxylic acids is 1. The van der Waals surface area contributed by atoms with Crippen molar-refractivity contribution in [3.63, 3.8) is 0 Å². The summed E-state index contributed by atoms with van der Waals surface area (Å²) in [7, 11) is 1.33. The molecule has 1 aliphatic heterocycles. The van der Waals surface area contributed by atoms with Gasteiger partial charge < -0.3 is 19.3 Å². The number of carbonyl (C=O) groups is 2. The van der Waals surface area contributed by atoms with Gasteiger partial charge >= 0.3 is 11.9 Å². The van der Waals surface area contributed by atoms with Gasteiger partial charge in [0.25, 0.3) is 6.10 Å². The molecule has 0 unspecified atom stereocenters. The number of methoxy groups -OCH3 is 1. The summed E-state index contributed by atoms with van der Waals surface area (Å²) in [4.78, 5) is 22.4. The fourth-order valence-electron chi connectivity index (χ4n) is 2.14. The van der Waals surface area contributed by atoms with E-state index in [9.17, 15) is 14.7 Å². The number of ether oxygens (including phenoxy) is 3. The molecule has 6 heteroatoms. The van der Waals surface area contributed by atoms with Crippen LogP contribution in [-0.2, 0) is 23.8 Å². The predicted octanol–water partition coefficient (Wildman–Crippen LogP) is 1.35. The topological polar surface area (TPSA) is 82.1 Å². The first-order valence-electron chi connectivity index (χ1n) is 6.04. The van der Waals surface area contributed by atoms with E-state index >= 15 is 0 Å². The lowest BCUT2D eigenvalue weighted by Gasteiger charge is -2.44. The highest BCUT2D eigenvalue weighted by molar-refractivity contribution is 5.78. The third-order valence-electron chi connectivity index (χ3n) is 3.46. The molecule has 108 valence electrons. The van der Waals surface area contributed by atoms with Crippen molar-refractivity contribution >= 4 is 11.9 Å². The molecule has 0 aromatic heterocycles. The number of carboxylic acid groups (broad SMARTS) is 1. The van der Waals surface area contributed by atoms with Crippen molar-refractivity contribution < 1.29 is 28.9 Å². The van der Waals surface area contributed by atoms with E-state index in [1.807, 2.05) is 6.92 Å². The minimum Gasteiger partial charge on any atom is -0.478 e. The Morgan fingerprint density at radius 1 is 1.53 bits per heavy atom. The minimum absolute atomic E-state index is 0.0787. The van der Waals surface area contributed by atoms with Gasteiger partial charge in [-0.15, -0.1) is 0 Å². The zero-order valence-electron chi connectivity index (χ0n) is 11.6. The van der Waals surface area contributed by atoms with Gasteiger partial charge in [-0.2, -0.15) is 0 Å². The Kier molecular flexibility index (Phi) is 4.70. The quantitative estimate of drug-likeness (QED) is 0.614. The number of hydrogen-bond donors (Lipinski definition) is 1. The summed E-state index contributed by atoms with van der Waals surface area (Å²) in [6.07, 6.45) is -1.64. The van der Waals surface area contributed by atoms with E-state index in [2.05, 4.69) is 6.58 Å². The monoisotopic (exact) mass is 272 g/mol. The summed E-state index contributed by atoms with van der Waals surface area (Å²) in [6.45, 7) is 8.80. The van der Waals surface area contributed by atoms with Crippen LogP contribution in [0.15, 0.2) is 12.2 Å². The zero-order valence-corrected chi connectivity index (χ0v) is 11.6. The summed E-state index contributed by atoms with van der Waals surface area (Å²) in [5.41, 5.74) is 0.805. The molecule has 1 heterocycles. The summed E-state index contributed by atoms with van der Waals surface area (Å²) in [5, 5.41) is 9.24. The van der Waals surface area contributed by atoms with Gasteiger partial charge in [0.15, 0.2) is 0 Å². The summed E-state index contributed by atoms with van der Waals surface area (Å²) in [5.74, 6) is -3.47. The molecule has 1 N–H and O–H groups in total. The summed E-state index contributed by atoms with van der Waals surface area (Å²) < 4.78 is 15.8. The van der Waals surface area contributed by atoms with Gasteiger partial charge in [-0.05, 0) is 6.92 Å². The van der Waals surface area contributed by atoms with Gasteiger partial charge in [0.2, 0.25) is 5.79 Å². The second kappa shape index (κ2) is 5.71. The average Bonchev–Trinajstić information content (AvgIpc) is 2.32. The molecule has 6 nitrogen and oxygen atoms in total. The Morgan fingerprint density at radius 3 is 2.47 bits per heavy atom. The SMILES string of the molecule is C=C1C[C@](OC)([C@H](OC(C)=O)C(=O)O)O[C@H](C)[C@@H]1C. The molecule has 0 aromatic carbocycles. The van der Waals surface area contributed by atoms with Crippen molar-refractivity contribution in [2.75, 3.05) is 7.11 Å². The van der Waals surface area contributed by atoms with Gasteiger partial charge in [-0.1, -0.05) is 19.1 Å². The van der Waals surface area contributed by atoms with E-state index in [0.29, 0.717) is 0 Å². The molecular weight excluding hydrogens is 252 g/mol. The van der Waals surface area contributed by atoms with E-state index in [-0.39, 0.29) is 18.4 Å². The van der Waals surface area contributed by atoms with Gasteiger partial charge in [-0.25, -0.2) is 4.79 Å². The Balaban J connectivity index is 3.10. The molecule has 0 saturated carbocycles. The maximum absolute atomic E-state index is 11.3. The Bertz CT molecular complexity index is 391. The standard InChI is InChI=1S/C13H20O6/c1-7-6-13(17-5,19-9(3)8(7)2)11(12(15)16)18-10(4)14/h8-9,11H,1,6H2,2-5H3,(H,15,16)/t8-,9-,11-,13-/m1/s1. The number of carboxylic acids is 1. The minimum atomic E-state index is -1.53. The molecule has 1 saturated heterocycles. The lowest BCUT2D eigenvalue weighted by Crippen LogP contribution is -2.57. The zero-order chi connectivity index (χ0) is 14.8. The Hall–Kier alpha value is -1.40. The highest BCUT2D eigenvalue weighted by Gasteiger charge is 2.52. The van der Waals surface area contributed by atoms with Crippen molar-refractivity contribution in [2.45, 2.75) is 45.2 Å². The predicted molar refractivity (Wildman–Crippen MR) is 66.4 cm³/mol. The average molecular weight is 272 g/mol. The number of aliphatic carboxylic acids is 1. The van der Waals surface area contributed by atoms with Crippen molar-refractivity contribution in [1.82, 2.24) is 0 Å². The Labute approximate surface area is 112 Å². The van der Waals surface area contributed by atoms with Gasteiger partial charge in [0.05, 0.1) is 6.10 Å². The first-order chi connectivity index (χ1) is 8.73. The van der Waals surface area contributed by atoms with E-state index in [1.54, 1.807) is 6.92 Å². The van der Waals surface area contributed by atoms with E-state index in [4.69, 9.17) is 14.2 Å². The van der Waals surface area contributed by atoms with Crippen LogP contribution >= 0.6 is 0 Å². The van der Waals surface area contributed by atoms with Gasteiger partial charge in [0.1, 0.15) is 0 Å². The Morgan fingerprint density at radius 2 is 2.11 bits per heavy atom. The summed E-state index contributed by atoms with van der Waals surface area (Å²) in [6, 6.07) is 0. The fourth-order valence-corrected chi connectivity index (χ4v) is 2.14. The molecule has 0 radical (unpaired) electrons. The molecule has 1 rings (SSSR count). The van der Waals surface area contributed by atoms with E-state index in [0.717, 1.165) is 12.5 Å². The molecule has 0 bridgehead atoms. The van der Waals surface area contributed by atoms with E-state index in [1.165, 1.54) is 7.11 Å². The molecule has 0 aromatic rings. The third-order valence-corrected chi connectivity index (χ3v) is 3.46. The lowest BCUT2D eigenvalue weighted by atomic mass is 9.86. The molecule has 0 amide bonds. The molecule has 1 aliphatic rings. The molecule has 19 heavy (non-hydrogen) atoms. The highest BCUT2D eigenvalue weighted by atomic mass is 16.7. The van der Waals surface area contributed by atoms with Gasteiger partial charge in [-0.3, -0.25) is 4.79 Å². The van der Waals surface area contributed by atoms with Crippen LogP contribution in [0.4, 0.5) is 0 Å². The van der Waals surface area contributed by atoms with Crippen LogP contribution in [0, 0.1) is 5.92 Å². The smallest absolute Gasteiger partial charge is 0.350 e. The fraction of sp³-hybridized carbons (Fsp3) is 0.692. The van der Waals surface area contributed by atoms with Crippen LogP contribution in [0.1, 0.15) is 27.2 Å². The van der Waals surface area contributed by atoms with Crippen molar-refractivity contribution in [1.29, 1.82) is 0 Å². The maximum Gasteiger partial charge on any atom is 0.350 e. The molecular formula is C13H20O6. The molecule has 4 atom stereocenters. The van der Waals surface area contributed by atoms with Gasteiger partial charge in [0, 0.05) is 26.4 Å². The van der Waals surface area contributed by atoms with E-state index < -0.39 is 23.8 Å². The van der Waals surface area contributed by atoms with Crippen molar-refractivity contribution in [2.24, 2.45) is 5.92 Å². The van der Waals surface area contributed by atoms with Crippen LogP contribution in [-0.4, -0.2) is 42.1 Å². The number of rotatable bonds is 4. The highest BCUT2D eigenvalue weighted by Crippen LogP contribution is 2.39. The van der Waals surface area contributed by atoms with Crippen LogP contribution in [0.2, 0.25) is 0 Å². The second-order valence-corrected chi connectivity index (χ2v) is 4.79. The van der Waals surface area contributed by atoms with Crippen LogP contribution in [0.25, 0.3) is 0 Å². The third kappa shape index (κ3) is 3.13. The second-order valence-electron chi connectivity index (χ2n) is 4.79. The molecule has 0 aliphatic carbocycles.